The van der Waals surface area contributed by atoms with Crippen LogP contribution >= 0.6 is 0 Å². The highest BCUT2D eigenvalue weighted by Crippen LogP contribution is 2.22. The number of nitrogens with two attached hydrogens (primary N) is 1. The standard InChI is InChI=1S/C15H15N3O3/c1-7(2)11-4-9-12(5-17-11)21-15-10(13(9)20)3-8(6-19)14(16)18-15/h3-5,7,19H,6H2,1-2H3,(H2,16,18). The number of anilines is 1. The van der Waals surface area contributed by atoms with Crippen molar-refractivity contribution in [3.05, 3.63) is 39.8 Å². The number of aliphatic hydroxyl groups is 1. The summed E-state index contributed by atoms with van der Waals surface area (Å²) >= 11 is 0. The van der Waals surface area contributed by atoms with E-state index in [0.29, 0.717) is 21.9 Å². The van der Waals surface area contributed by atoms with E-state index >= 15 is 0 Å². The van der Waals surface area contributed by atoms with Crippen LogP contribution in [0.1, 0.15) is 31.0 Å². The lowest BCUT2D eigenvalue weighted by molar-refractivity contribution is 0.282. The highest BCUT2D eigenvalue weighted by Gasteiger charge is 2.13. The Kier molecular flexibility index (Phi) is 3.10. The highest BCUT2D eigenvalue weighted by atomic mass is 16.3. The van der Waals surface area contributed by atoms with Crippen LogP contribution in [0.3, 0.4) is 0 Å². The van der Waals surface area contributed by atoms with Gasteiger partial charge in [-0.2, -0.15) is 4.98 Å². The van der Waals surface area contributed by atoms with Crippen molar-refractivity contribution >= 4 is 27.9 Å². The van der Waals surface area contributed by atoms with E-state index in [-0.39, 0.29) is 29.5 Å². The molecule has 0 bridgehead atoms. The summed E-state index contributed by atoms with van der Waals surface area (Å²) < 4.78 is 5.61. The van der Waals surface area contributed by atoms with Crippen molar-refractivity contribution < 1.29 is 9.52 Å². The minimum Gasteiger partial charge on any atom is -0.436 e. The second kappa shape index (κ2) is 4.82. The van der Waals surface area contributed by atoms with Gasteiger partial charge in [0.25, 0.3) is 0 Å². The largest absolute Gasteiger partial charge is 0.436 e. The summed E-state index contributed by atoms with van der Waals surface area (Å²) in [6, 6.07) is 3.26. The molecule has 0 spiro atoms. The fourth-order valence-corrected chi connectivity index (χ4v) is 2.20. The van der Waals surface area contributed by atoms with E-state index in [9.17, 15) is 9.90 Å². The molecule has 3 N–H and O–H groups in total. The maximum atomic E-state index is 12.6. The molecule has 3 aromatic heterocycles. The Morgan fingerprint density at radius 3 is 2.76 bits per heavy atom. The van der Waals surface area contributed by atoms with Gasteiger partial charge in [-0.25, -0.2) is 0 Å². The smallest absolute Gasteiger partial charge is 0.232 e. The molecule has 0 radical (unpaired) electrons. The first kappa shape index (κ1) is 13.5. The molecule has 6 nitrogen and oxygen atoms in total. The van der Waals surface area contributed by atoms with Crippen LogP contribution in [0.25, 0.3) is 22.1 Å². The summed E-state index contributed by atoms with van der Waals surface area (Å²) in [5.41, 5.74) is 7.27. The Balaban J connectivity index is 2.41. The predicted molar refractivity (Wildman–Crippen MR) is 80.0 cm³/mol. The first-order chi connectivity index (χ1) is 10.0. The van der Waals surface area contributed by atoms with Crippen LogP contribution < -0.4 is 11.2 Å². The molecular weight excluding hydrogens is 270 g/mol. The zero-order chi connectivity index (χ0) is 15.1. The molecule has 21 heavy (non-hydrogen) atoms. The maximum Gasteiger partial charge on any atom is 0.232 e. The Bertz CT molecular complexity index is 900. The quantitative estimate of drug-likeness (QED) is 0.697. The van der Waals surface area contributed by atoms with Gasteiger partial charge >= 0.3 is 0 Å². The fourth-order valence-electron chi connectivity index (χ4n) is 2.20. The van der Waals surface area contributed by atoms with E-state index < -0.39 is 0 Å². The van der Waals surface area contributed by atoms with Crippen molar-refractivity contribution in [2.45, 2.75) is 26.4 Å². The number of aliphatic hydroxyl groups excluding tert-OH is 1. The molecule has 3 rings (SSSR count). The number of hydrogen-bond acceptors (Lipinski definition) is 6. The molecule has 3 heterocycles. The highest BCUT2D eigenvalue weighted by molar-refractivity contribution is 5.88. The van der Waals surface area contributed by atoms with E-state index in [4.69, 9.17) is 10.2 Å². The Morgan fingerprint density at radius 1 is 1.33 bits per heavy atom. The number of rotatable bonds is 2. The summed E-state index contributed by atoms with van der Waals surface area (Å²) in [6.45, 7) is 3.73. The number of aromatic nitrogens is 2. The van der Waals surface area contributed by atoms with Crippen LogP contribution in [-0.4, -0.2) is 15.1 Å². The van der Waals surface area contributed by atoms with Gasteiger partial charge in [-0.15, -0.1) is 0 Å². The number of hydrogen-bond donors (Lipinski definition) is 2. The first-order valence-electron chi connectivity index (χ1n) is 6.64. The van der Waals surface area contributed by atoms with Crippen LogP contribution in [0.5, 0.6) is 0 Å². The molecule has 0 aliphatic carbocycles. The average Bonchev–Trinajstić information content (AvgIpc) is 2.46. The molecule has 0 aliphatic heterocycles. The molecule has 0 aliphatic rings. The molecule has 0 saturated carbocycles. The minimum atomic E-state index is -0.278. The van der Waals surface area contributed by atoms with Crippen molar-refractivity contribution in [3.63, 3.8) is 0 Å². The molecule has 0 amide bonds. The normalized spacial score (nSPS) is 11.6. The second-order valence-electron chi connectivity index (χ2n) is 5.23. The predicted octanol–water partition coefficient (Wildman–Crippen LogP) is 1.93. The average molecular weight is 285 g/mol. The van der Waals surface area contributed by atoms with Crippen LogP contribution in [-0.2, 0) is 6.61 Å². The van der Waals surface area contributed by atoms with Gasteiger partial charge in [0.1, 0.15) is 5.82 Å². The van der Waals surface area contributed by atoms with Gasteiger partial charge in [-0.1, -0.05) is 13.8 Å². The summed E-state index contributed by atoms with van der Waals surface area (Å²) in [4.78, 5) is 20.9. The van der Waals surface area contributed by atoms with E-state index in [1.807, 2.05) is 13.8 Å². The topological polar surface area (TPSA) is 102 Å². The van der Waals surface area contributed by atoms with Crippen LogP contribution in [0.4, 0.5) is 5.82 Å². The lowest BCUT2D eigenvalue weighted by atomic mass is 10.1. The van der Waals surface area contributed by atoms with Gasteiger partial charge < -0.3 is 15.3 Å². The summed E-state index contributed by atoms with van der Waals surface area (Å²) in [5.74, 6) is 0.362. The fraction of sp³-hybridized carbons (Fsp3) is 0.267. The third kappa shape index (κ3) is 2.13. The zero-order valence-corrected chi connectivity index (χ0v) is 11.8. The Labute approximate surface area is 120 Å². The molecule has 6 heteroatoms. The van der Waals surface area contributed by atoms with Gasteiger partial charge in [0.2, 0.25) is 11.1 Å². The monoisotopic (exact) mass is 285 g/mol. The van der Waals surface area contributed by atoms with E-state index in [1.165, 1.54) is 12.3 Å². The van der Waals surface area contributed by atoms with Gasteiger partial charge in [0, 0.05) is 11.3 Å². The lowest BCUT2D eigenvalue weighted by Crippen LogP contribution is -2.08. The Hall–Kier alpha value is -2.47. The first-order valence-corrected chi connectivity index (χ1v) is 6.64. The van der Waals surface area contributed by atoms with Crippen LogP contribution in [0, 0.1) is 0 Å². The summed E-state index contributed by atoms with van der Waals surface area (Å²) in [6.07, 6.45) is 1.53. The van der Waals surface area contributed by atoms with Crippen molar-refractivity contribution in [1.29, 1.82) is 0 Å². The van der Waals surface area contributed by atoms with E-state index in [2.05, 4.69) is 9.97 Å². The summed E-state index contributed by atoms with van der Waals surface area (Å²) in [5, 5.41) is 10.00. The number of nitrogens with zero attached hydrogens (tertiary/aromatic N) is 2. The molecule has 0 saturated heterocycles. The van der Waals surface area contributed by atoms with Crippen molar-refractivity contribution in [2.75, 3.05) is 5.73 Å². The molecule has 0 unspecified atom stereocenters. The molecular formula is C15H15N3O3. The van der Waals surface area contributed by atoms with Crippen LogP contribution in [0.15, 0.2) is 27.5 Å². The Morgan fingerprint density at radius 2 is 2.10 bits per heavy atom. The number of fused-ring (bicyclic) bond motifs is 2. The van der Waals surface area contributed by atoms with Crippen molar-refractivity contribution in [1.82, 2.24) is 9.97 Å². The second-order valence-corrected chi connectivity index (χ2v) is 5.23. The van der Waals surface area contributed by atoms with E-state index in [0.717, 1.165) is 5.69 Å². The third-order valence-electron chi connectivity index (χ3n) is 3.45. The number of pyridine rings is 2. The van der Waals surface area contributed by atoms with Crippen molar-refractivity contribution in [2.24, 2.45) is 0 Å². The van der Waals surface area contributed by atoms with Gasteiger partial charge in [0.15, 0.2) is 5.58 Å². The van der Waals surface area contributed by atoms with Crippen LogP contribution in [0.2, 0.25) is 0 Å². The number of nitrogen functional groups attached to an aromatic ring is 1. The molecule has 0 fully saturated rings. The summed E-state index contributed by atoms with van der Waals surface area (Å²) in [7, 11) is 0. The van der Waals surface area contributed by atoms with Gasteiger partial charge in [-0.05, 0) is 18.1 Å². The van der Waals surface area contributed by atoms with Gasteiger partial charge in [0.05, 0.1) is 23.6 Å². The third-order valence-corrected chi connectivity index (χ3v) is 3.45. The maximum absolute atomic E-state index is 12.6. The molecule has 3 aromatic rings. The SMILES string of the molecule is CC(C)c1cc2c(=O)c3cc(CO)c(N)nc3oc2cn1. The lowest BCUT2D eigenvalue weighted by Gasteiger charge is -2.07. The minimum absolute atomic E-state index is 0.152. The molecule has 108 valence electrons. The van der Waals surface area contributed by atoms with E-state index in [1.54, 1.807) is 6.07 Å². The van der Waals surface area contributed by atoms with Gasteiger partial charge in [-0.3, -0.25) is 9.78 Å². The zero-order valence-electron chi connectivity index (χ0n) is 11.8. The molecule has 0 atom stereocenters. The molecule has 0 aromatic carbocycles. The van der Waals surface area contributed by atoms with Crippen molar-refractivity contribution in [3.8, 4) is 0 Å².